The van der Waals surface area contributed by atoms with Crippen molar-refractivity contribution in [2.24, 2.45) is 5.92 Å². The molecule has 10 nitrogen and oxygen atoms in total. The van der Waals surface area contributed by atoms with Gasteiger partial charge in [-0.2, -0.15) is 0 Å². The summed E-state index contributed by atoms with van der Waals surface area (Å²) in [5.74, 6) is -0.607. The fourth-order valence-electron chi connectivity index (χ4n) is 5.18. The number of urea groups is 1. The number of rotatable bonds is 13. The van der Waals surface area contributed by atoms with Crippen molar-refractivity contribution in [3.63, 3.8) is 0 Å². The molecule has 10 heteroatoms. The van der Waals surface area contributed by atoms with Crippen molar-refractivity contribution in [3.05, 3.63) is 84.4 Å². The number of carboxylic acid groups (broad SMARTS) is 1. The Morgan fingerprint density at radius 3 is 2.37 bits per heavy atom. The Balaban J connectivity index is 1.42. The summed E-state index contributed by atoms with van der Waals surface area (Å²) in [5, 5.41) is 14.3. The maximum absolute atomic E-state index is 13.6. The maximum Gasteiger partial charge on any atom is 0.319 e. The highest BCUT2D eigenvalue weighted by Gasteiger charge is 2.24. The number of aliphatic carboxylic acids is 1. The first-order chi connectivity index (χ1) is 20.8. The van der Waals surface area contributed by atoms with Crippen molar-refractivity contribution in [2.75, 3.05) is 41.9 Å². The third-order valence-electron chi connectivity index (χ3n) is 7.50. The lowest BCUT2D eigenvalue weighted by Gasteiger charge is -2.27. The highest BCUT2D eigenvalue weighted by Crippen LogP contribution is 2.32. The van der Waals surface area contributed by atoms with Gasteiger partial charge >= 0.3 is 12.0 Å². The van der Waals surface area contributed by atoms with E-state index < -0.39 is 12.0 Å². The van der Waals surface area contributed by atoms with E-state index in [9.17, 15) is 19.2 Å². The second-order valence-electron chi connectivity index (χ2n) is 10.6. The Bertz CT molecular complexity index is 1410. The van der Waals surface area contributed by atoms with Crippen LogP contribution in [0.2, 0.25) is 0 Å². The van der Waals surface area contributed by atoms with E-state index in [-0.39, 0.29) is 31.4 Å². The molecule has 226 valence electrons. The predicted molar refractivity (Wildman–Crippen MR) is 166 cm³/mol. The summed E-state index contributed by atoms with van der Waals surface area (Å²) in [6.45, 7) is -0.0355. The number of carboxylic acids is 1. The summed E-state index contributed by atoms with van der Waals surface area (Å²) in [7, 11) is 1.68. The normalized spacial score (nSPS) is 12.8. The molecule has 3 aromatic carbocycles. The summed E-state index contributed by atoms with van der Waals surface area (Å²) in [6, 6.07) is 22.3. The SMILES string of the molecule is CN(C(=O)COc1ccccc1N(CCC1CCCC1)C(=O)CNC(=O)Nc1cccc(CC(=O)O)c1)c1ccccc1. The van der Waals surface area contributed by atoms with E-state index in [0.717, 1.165) is 24.9 Å². The summed E-state index contributed by atoms with van der Waals surface area (Å²) >= 11 is 0. The molecule has 3 aromatic rings. The molecule has 0 spiro atoms. The number of hydrogen-bond acceptors (Lipinski definition) is 5. The highest BCUT2D eigenvalue weighted by molar-refractivity contribution is 5.99. The minimum absolute atomic E-state index is 0.165. The number of benzene rings is 3. The number of nitrogens with one attached hydrogen (secondary N) is 2. The summed E-state index contributed by atoms with van der Waals surface area (Å²) < 4.78 is 5.96. The van der Waals surface area contributed by atoms with E-state index in [4.69, 9.17) is 9.84 Å². The Morgan fingerprint density at radius 1 is 0.907 bits per heavy atom. The summed E-state index contributed by atoms with van der Waals surface area (Å²) in [6.07, 6.45) is 5.28. The molecule has 1 fully saturated rings. The molecular weight excluding hydrogens is 548 g/mol. The van der Waals surface area contributed by atoms with Gasteiger partial charge in [0.15, 0.2) is 6.61 Å². The topological polar surface area (TPSA) is 128 Å². The summed E-state index contributed by atoms with van der Waals surface area (Å²) in [4.78, 5) is 53.2. The van der Waals surface area contributed by atoms with Crippen LogP contribution in [0.4, 0.5) is 21.9 Å². The number of carbonyl (C=O) groups excluding carboxylic acids is 3. The number of nitrogens with zero attached hydrogens (tertiary/aromatic N) is 2. The largest absolute Gasteiger partial charge is 0.482 e. The van der Waals surface area contributed by atoms with Crippen molar-refractivity contribution in [2.45, 2.75) is 38.5 Å². The zero-order valence-corrected chi connectivity index (χ0v) is 24.3. The molecule has 0 saturated heterocycles. The van der Waals surface area contributed by atoms with Crippen LogP contribution in [-0.4, -0.2) is 55.7 Å². The lowest BCUT2D eigenvalue weighted by Crippen LogP contribution is -2.42. The fraction of sp³-hybridized carbons (Fsp3) is 0.333. The van der Waals surface area contributed by atoms with Crippen LogP contribution in [0, 0.1) is 5.92 Å². The van der Waals surface area contributed by atoms with Gasteiger partial charge in [-0.1, -0.05) is 68.1 Å². The quantitative estimate of drug-likeness (QED) is 0.256. The van der Waals surface area contributed by atoms with Crippen LogP contribution < -0.4 is 25.2 Å². The van der Waals surface area contributed by atoms with Crippen LogP contribution >= 0.6 is 0 Å². The molecule has 4 amide bonds. The smallest absolute Gasteiger partial charge is 0.319 e. The monoisotopic (exact) mass is 586 g/mol. The van der Waals surface area contributed by atoms with E-state index in [2.05, 4.69) is 10.6 Å². The van der Waals surface area contributed by atoms with Gasteiger partial charge < -0.3 is 30.3 Å². The molecule has 0 heterocycles. The van der Waals surface area contributed by atoms with Crippen molar-refractivity contribution in [3.8, 4) is 5.75 Å². The van der Waals surface area contributed by atoms with Gasteiger partial charge in [0.1, 0.15) is 5.75 Å². The first kappa shape index (κ1) is 31.1. The first-order valence-electron chi connectivity index (χ1n) is 14.5. The number of hydrogen-bond donors (Lipinski definition) is 3. The fourth-order valence-corrected chi connectivity index (χ4v) is 5.18. The van der Waals surface area contributed by atoms with E-state index in [0.29, 0.717) is 35.2 Å². The molecule has 3 N–H and O–H groups in total. The van der Waals surface area contributed by atoms with Crippen LogP contribution in [0.3, 0.4) is 0 Å². The van der Waals surface area contributed by atoms with Gasteiger partial charge in [0.25, 0.3) is 5.91 Å². The molecular formula is C33H38N4O6. The van der Waals surface area contributed by atoms with E-state index in [1.165, 1.54) is 17.7 Å². The van der Waals surface area contributed by atoms with Gasteiger partial charge in [-0.25, -0.2) is 4.79 Å². The average molecular weight is 587 g/mol. The molecule has 0 aliphatic heterocycles. The number of para-hydroxylation sites is 3. The van der Waals surface area contributed by atoms with Crippen LogP contribution in [0.15, 0.2) is 78.9 Å². The molecule has 0 radical (unpaired) electrons. The lowest BCUT2D eigenvalue weighted by atomic mass is 10.0. The van der Waals surface area contributed by atoms with Gasteiger partial charge in [0.2, 0.25) is 5.91 Å². The van der Waals surface area contributed by atoms with Crippen LogP contribution in [0.1, 0.15) is 37.7 Å². The number of amides is 4. The van der Waals surface area contributed by atoms with Gasteiger partial charge in [-0.05, 0) is 54.3 Å². The third kappa shape index (κ3) is 9.32. The van der Waals surface area contributed by atoms with Gasteiger partial charge in [-0.3, -0.25) is 14.4 Å². The molecule has 1 aliphatic rings. The van der Waals surface area contributed by atoms with Crippen molar-refractivity contribution in [1.82, 2.24) is 5.32 Å². The van der Waals surface area contributed by atoms with Crippen LogP contribution in [0.5, 0.6) is 5.75 Å². The molecule has 1 saturated carbocycles. The predicted octanol–water partition coefficient (Wildman–Crippen LogP) is 5.09. The molecule has 4 rings (SSSR count). The van der Waals surface area contributed by atoms with E-state index in [1.807, 2.05) is 30.3 Å². The molecule has 43 heavy (non-hydrogen) atoms. The molecule has 0 unspecified atom stereocenters. The van der Waals surface area contributed by atoms with E-state index in [1.54, 1.807) is 60.5 Å². The average Bonchev–Trinajstić information content (AvgIpc) is 3.53. The number of anilines is 3. The van der Waals surface area contributed by atoms with Crippen molar-refractivity contribution < 1.29 is 29.0 Å². The van der Waals surface area contributed by atoms with Crippen molar-refractivity contribution in [1.29, 1.82) is 0 Å². The van der Waals surface area contributed by atoms with Crippen LogP contribution in [-0.2, 0) is 20.8 Å². The van der Waals surface area contributed by atoms with Gasteiger partial charge in [0, 0.05) is 25.0 Å². The zero-order valence-electron chi connectivity index (χ0n) is 24.3. The zero-order chi connectivity index (χ0) is 30.6. The number of likely N-dealkylation sites (N-methyl/N-ethyl adjacent to an activating group) is 1. The Labute approximate surface area is 251 Å². The number of ether oxygens (including phenoxy) is 1. The molecule has 1 aliphatic carbocycles. The Kier molecular flexibility index (Phi) is 11.1. The Morgan fingerprint density at radius 2 is 1.63 bits per heavy atom. The molecule has 0 aromatic heterocycles. The van der Waals surface area contributed by atoms with Gasteiger partial charge in [-0.15, -0.1) is 0 Å². The second kappa shape index (κ2) is 15.4. The van der Waals surface area contributed by atoms with E-state index >= 15 is 0 Å². The highest BCUT2D eigenvalue weighted by atomic mass is 16.5. The standard InChI is InChI=1S/C33H38N4O6/c1-36(27-14-3-2-4-15-27)31(39)23-43-29-17-8-7-16-28(29)37(19-18-24-10-5-6-11-24)30(38)22-34-33(42)35-26-13-9-12-25(20-26)21-32(40)41/h2-4,7-9,12-17,20,24H,5-6,10-11,18-19,21-23H2,1H3,(H,40,41)(H2,34,35,42). The number of carbonyl (C=O) groups is 4. The lowest BCUT2D eigenvalue weighted by molar-refractivity contribution is -0.136. The molecule has 0 bridgehead atoms. The minimum Gasteiger partial charge on any atom is -0.482 e. The maximum atomic E-state index is 13.6. The Hall–Kier alpha value is -4.86. The van der Waals surface area contributed by atoms with Crippen LogP contribution in [0.25, 0.3) is 0 Å². The third-order valence-corrected chi connectivity index (χ3v) is 7.50. The van der Waals surface area contributed by atoms with Crippen molar-refractivity contribution >= 4 is 40.9 Å². The molecule has 0 atom stereocenters. The minimum atomic E-state index is -0.971. The van der Waals surface area contributed by atoms with Gasteiger partial charge in [0.05, 0.1) is 18.7 Å². The second-order valence-corrected chi connectivity index (χ2v) is 10.6. The first-order valence-corrected chi connectivity index (χ1v) is 14.5. The summed E-state index contributed by atoms with van der Waals surface area (Å²) in [5.41, 5.74) is 2.25.